The minimum atomic E-state index is -0.619. The van der Waals surface area contributed by atoms with E-state index in [-0.39, 0.29) is 18.8 Å². The summed E-state index contributed by atoms with van der Waals surface area (Å²) in [5, 5.41) is 14.4. The topological polar surface area (TPSA) is 128 Å². The lowest BCUT2D eigenvalue weighted by Crippen LogP contribution is -2.34. The number of anilines is 1. The van der Waals surface area contributed by atoms with Crippen LogP contribution in [0.25, 0.3) is 22.6 Å². The lowest BCUT2D eigenvalue weighted by Gasteiger charge is -2.14. The SMILES string of the molecule is Cn1nnc(-c2ccc(-c3ccc(N4C[C@H](CNC(=O)c5ccco5)OC4=O)cc3F)cn2)n1. The van der Waals surface area contributed by atoms with E-state index in [1.807, 2.05) is 0 Å². The highest BCUT2D eigenvalue weighted by Crippen LogP contribution is 2.29. The summed E-state index contributed by atoms with van der Waals surface area (Å²) in [7, 11) is 1.65. The largest absolute Gasteiger partial charge is 0.459 e. The van der Waals surface area contributed by atoms with Gasteiger partial charge in [0.1, 0.15) is 17.6 Å². The number of furan rings is 1. The monoisotopic (exact) mass is 463 g/mol. The molecule has 1 fully saturated rings. The molecule has 34 heavy (non-hydrogen) atoms. The number of halogens is 1. The van der Waals surface area contributed by atoms with E-state index in [2.05, 4.69) is 25.7 Å². The molecule has 1 N–H and O–H groups in total. The molecule has 1 aliphatic rings. The average molecular weight is 463 g/mol. The Kier molecular flexibility index (Phi) is 5.46. The number of cyclic esters (lactones) is 1. The van der Waals surface area contributed by atoms with Gasteiger partial charge in [0, 0.05) is 17.3 Å². The number of pyridine rings is 1. The number of hydrogen-bond donors (Lipinski definition) is 1. The first-order valence-electron chi connectivity index (χ1n) is 10.3. The fraction of sp³-hybridized carbons (Fsp3) is 0.182. The van der Waals surface area contributed by atoms with Gasteiger partial charge >= 0.3 is 6.09 Å². The summed E-state index contributed by atoms with van der Waals surface area (Å²) in [6, 6.07) is 11.0. The highest BCUT2D eigenvalue weighted by molar-refractivity contribution is 5.92. The van der Waals surface area contributed by atoms with E-state index >= 15 is 0 Å². The molecular weight excluding hydrogens is 445 g/mol. The van der Waals surface area contributed by atoms with Crippen LogP contribution in [-0.2, 0) is 11.8 Å². The molecule has 1 saturated heterocycles. The van der Waals surface area contributed by atoms with Crippen molar-refractivity contribution in [2.75, 3.05) is 18.0 Å². The Balaban J connectivity index is 1.26. The third-order valence-electron chi connectivity index (χ3n) is 5.19. The maximum Gasteiger partial charge on any atom is 0.414 e. The summed E-state index contributed by atoms with van der Waals surface area (Å²) >= 11 is 0. The van der Waals surface area contributed by atoms with Crippen molar-refractivity contribution in [2.24, 2.45) is 7.05 Å². The number of carbonyl (C=O) groups excluding carboxylic acids is 2. The molecule has 1 atom stereocenters. The van der Waals surface area contributed by atoms with Crippen LogP contribution >= 0.6 is 0 Å². The molecule has 11 nitrogen and oxygen atoms in total. The minimum absolute atomic E-state index is 0.0982. The molecule has 0 radical (unpaired) electrons. The molecule has 5 rings (SSSR count). The Hall–Kier alpha value is -4.61. The van der Waals surface area contributed by atoms with Gasteiger partial charge in [-0.3, -0.25) is 14.7 Å². The Morgan fingerprint density at radius 3 is 2.82 bits per heavy atom. The number of benzene rings is 1. The van der Waals surface area contributed by atoms with Gasteiger partial charge in [0.25, 0.3) is 5.91 Å². The van der Waals surface area contributed by atoms with Crippen LogP contribution in [0.3, 0.4) is 0 Å². The summed E-state index contributed by atoms with van der Waals surface area (Å²) < 4.78 is 25.3. The number of aryl methyl sites for hydroxylation is 1. The van der Waals surface area contributed by atoms with E-state index in [1.54, 1.807) is 37.4 Å². The van der Waals surface area contributed by atoms with Crippen molar-refractivity contribution in [1.82, 2.24) is 30.5 Å². The predicted molar refractivity (Wildman–Crippen MR) is 116 cm³/mol. The lowest BCUT2D eigenvalue weighted by molar-refractivity contribution is 0.0889. The number of ether oxygens (including phenoxy) is 1. The molecule has 0 aliphatic carbocycles. The summed E-state index contributed by atoms with van der Waals surface area (Å²) in [5.41, 5.74) is 1.74. The first kappa shape index (κ1) is 21.2. The summed E-state index contributed by atoms with van der Waals surface area (Å²) in [4.78, 5) is 31.2. The van der Waals surface area contributed by atoms with Crippen molar-refractivity contribution in [1.29, 1.82) is 0 Å². The quantitative estimate of drug-likeness (QED) is 0.462. The van der Waals surface area contributed by atoms with Crippen molar-refractivity contribution in [3.8, 4) is 22.6 Å². The fourth-order valence-electron chi connectivity index (χ4n) is 3.52. The van der Waals surface area contributed by atoms with Crippen molar-refractivity contribution in [2.45, 2.75) is 6.10 Å². The highest BCUT2D eigenvalue weighted by Gasteiger charge is 2.33. The van der Waals surface area contributed by atoms with Gasteiger partial charge in [-0.25, -0.2) is 9.18 Å². The Bertz CT molecular complexity index is 1340. The zero-order valence-corrected chi connectivity index (χ0v) is 17.9. The highest BCUT2D eigenvalue weighted by atomic mass is 19.1. The van der Waals surface area contributed by atoms with Crippen molar-refractivity contribution >= 4 is 17.7 Å². The van der Waals surface area contributed by atoms with Gasteiger partial charge < -0.3 is 14.5 Å². The van der Waals surface area contributed by atoms with Gasteiger partial charge in [0.05, 0.1) is 32.1 Å². The molecule has 1 aromatic carbocycles. The summed E-state index contributed by atoms with van der Waals surface area (Å²) in [6.07, 6.45) is 1.71. The Labute approximate surface area is 192 Å². The number of nitrogens with zero attached hydrogens (tertiary/aromatic N) is 6. The van der Waals surface area contributed by atoms with Gasteiger partial charge in [0.15, 0.2) is 5.76 Å². The molecule has 2 amide bonds. The van der Waals surface area contributed by atoms with Crippen LogP contribution in [0.4, 0.5) is 14.9 Å². The van der Waals surface area contributed by atoms with Gasteiger partial charge in [-0.05, 0) is 41.6 Å². The van der Waals surface area contributed by atoms with Crippen molar-refractivity contribution in [3.63, 3.8) is 0 Å². The second-order valence-corrected chi connectivity index (χ2v) is 7.50. The third kappa shape index (κ3) is 4.20. The number of carbonyl (C=O) groups is 2. The second-order valence-electron chi connectivity index (χ2n) is 7.50. The maximum absolute atomic E-state index is 14.9. The zero-order valence-electron chi connectivity index (χ0n) is 17.9. The smallest absolute Gasteiger partial charge is 0.414 e. The van der Waals surface area contributed by atoms with E-state index in [0.29, 0.717) is 28.3 Å². The average Bonchev–Trinajstić information content (AvgIpc) is 3.59. The lowest BCUT2D eigenvalue weighted by atomic mass is 10.1. The molecule has 0 bridgehead atoms. The number of rotatable bonds is 6. The van der Waals surface area contributed by atoms with Gasteiger partial charge in [-0.15, -0.1) is 10.2 Å². The normalized spacial score (nSPS) is 15.4. The van der Waals surface area contributed by atoms with E-state index < -0.39 is 23.9 Å². The Morgan fingerprint density at radius 2 is 2.15 bits per heavy atom. The number of tetrazole rings is 1. The molecule has 4 aromatic rings. The molecular formula is C22H18FN7O4. The predicted octanol–water partition coefficient (Wildman–Crippen LogP) is 2.43. The standard InChI is InChI=1S/C22H18FN7O4/c1-29-27-20(26-28-29)18-7-4-13(10-24-18)16-6-5-14(9-17(16)23)30-12-15(34-22(30)32)11-25-21(31)19-3-2-8-33-19/h2-10,15H,11-12H2,1H3,(H,25,31)/t15-/m0/s1. The third-order valence-corrected chi connectivity index (χ3v) is 5.19. The molecule has 1 aliphatic heterocycles. The van der Waals surface area contributed by atoms with E-state index in [0.717, 1.165) is 0 Å². The zero-order chi connectivity index (χ0) is 23.7. The fourth-order valence-corrected chi connectivity index (χ4v) is 3.52. The Morgan fingerprint density at radius 1 is 1.26 bits per heavy atom. The van der Waals surface area contributed by atoms with Gasteiger partial charge in [0.2, 0.25) is 5.82 Å². The number of aromatic nitrogens is 5. The van der Waals surface area contributed by atoms with Crippen LogP contribution in [0, 0.1) is 5.82 Å². The van der Waals surface area contributed by atoms with Crippen LogP contribution in [0.15, 0.2) is 59.3 Å². The molecule has 12 heteroatoms. The maximum atomic E-state index is 14.9. The molecule has 4 heterocycles. The van der Waals surface area contributed by atoms with Crippen LogP contribution in [0.1, 0.15) is 10.6 Å². The summed E-state index contributed by atoms with van der Waals surface area (Å²) in [5.74, 6) is -0.404. The number of hydrogen-bond acceptors (Lipinski definition) is 8. The first-order chi connectivity index (χ1) is 16.5. The first-order valence-corrected chi connectivity index (χ1v) is 10.3. The molecule has 0 saturated carbocycles. The van der Waals surface area contributed by atoms with Gasteiger partial charge in [-0.2, -0.15) is 4.80 Å². The number of amides is 2. The van der Waals surface area contributed by atoms with E-state index in [1.165, 1.54) is 34.3 Å². The van der Waals surface area contributed by atoms with Crippen LogP contribution in [0.5, 0.6) is 0 Å². The van der Waals surface area contributed by atoms with Gasteiger partial charge in [-0.1, -0.05) is 6.07 Å². The minimum Gasteiger partial charge on any atom is -0.459 e. The van der Waals surface area contributed by atoms with E-state index in [4.69, 9.17) is 9.15 Å². The van der Waals surface area contributed by atoms with Crippen molar-refractivity contribution in [3.05, 3.63) is 66.5 Å². The molecule has 172 valence electrons. The van der Waals surface area contributed by atoms with Crippen LogP contribution < -0.4 is 10.2 Å². The van der Waals surface area contributed by atoms with Crippen molar-refractivity contribution < 1.29 is 23.1 Å². The summed E-state index contributed by atoms with van der Waals surface area (Å²) in [6.45, 7) is 0.262. The molecule has 0 unspecified atom stereocenters. The van der Waals surface area contributed by atoms with Crippen LogP contribution in [0.2, 0.25) is 0 Å². The molecule has 3 aromatic heterocycles. The molecule has 0 spiro atoms. The second kappa shape index (κ2) is 8.73. The van der Waals surface area contributed by atoms with Crippen LogP contribution in [-0.4, -0.2) is 56.4 Å². The van der Waals surface area contributed by atoms with E-state index in [9.17, 15) is 14.0 Å². The number of nitrogens with one attached hydrogen (secondary N) is 1.